The summed E-state index contributed by atoms with van der Waals surface area (Å²) in [6.45, 7) is 5.90. The van der Waals surface area contributed by atoms with E-state index in [0.717, 1.165) is 11.1 Å². The number of thioether (sulfide) groups is 1. The second-order valence-corrected chi connectivity index (χ2v) is 10.2. The normalized spacial score (nSPS) is 12.0. The van der Waals surface area contributed by atoms with E-state index in [0.29, 0.717) is 32.3 Å². The van der Waals surface area contributed by atoms with Gasteiger partial charge in [0.15, 0.2) is 0 Å². The fraction of sp³-hybridized carbons (Fsp3) is 0.391. The SMILES string of the molecule is CCC(C(=O)NC(C)C)N(Cc1ccc(Cl)c(Cl)c1)C(=O)CSCc1c(Cl)cccc1Cl. The van der Waals surface area contributed by atoms with Gasteiger partial charge in [-0.15, -0.1) is 11.8 Å². The van der Waals surface area contributed by atoms with E-state index in [9.17, 15) is 9.59 Å². The number of nitrogens with one attached hydrogen (secondary N) is 1. The van der Waals surface area contributed by atoms with E-state index in [2.05, 4.69) is 5.32 Å². The van der Waals surface area contributed by atoms with Gasteiger partial charge >= 0.3 is 0 Å². The van der Waals surface area contributed by atoms with Crippen LogP contribution in [0.5, 0.6) is 0 Å². The molecule has 0 heterocycles. The summed E-state index contributed by atoms with van der Waals surface area (Å²) in [5, 5.41) is 4.87. The van der Waals surface area contributed by atoms with E-state index in [1.165, 1.54) is 11.8 Å². The van der Waals surface area contributed by atoms with Crippen LogP contribution in [0.15, 0.2) is 36.4 Å². The average molecular weight is 536 g/mol. The van der Waals surface area contributed by atoms with Crippen LogP contribution in [0.25, 0.3) is 0 Å². The van der Waals surface area contributed by atoms with Crippen LogP contribution in [0.3, 0.4) is 0 Å². The third-order valence-corrected chi connectivity index (χ3v) is 7.08. The highest BCUT2D eigenvalue weighted by Crippen LogP contribution is 2.29. The van der Waals surface area contributed by atoms with Gasteiger partial charge in [-0.3, -0.25) is 9.59 Å². The van der Waals surface area contributed by atoms with Gasteiger partial charge < -0.3 is 10.2 Å². The second-order valence-electron chi connectivity index (χ2n) is 7.55. The molecule has 0 aliphatic carbocycles. The Morgan fingerprint density at radius 1 is 1.00 bits per heavy atom. The number of rotatable bonds is 10. The Hall–Kier alpha value is -1.11. The van der Waals surface area contributed by atoms with E-state index < -0.39 is 6.04 Å². The molecule has 0 aliphatic heterocycles. The van der Waals surface area contributed by atoms with Gasteiger partial charge in [0.05, 0.1) is 15.8 Å². The molecular weight excluding hydrogens is 510 g/mol. The predicted molar refractivity (Wildman–Crippen MR) is 137 cm³/mol. The lowest BCUT2D eigenvalue weighted by atomic mass is 10.1. The number of hydrogen-bond donors (Lipinski definition) is 1. The first kappa shape index (κ1) is 27.1. The zero-order chi connectivity index (χ0) is 23.8. The van der Waals surface area contributed by atoms with Gasteiger partial charge in [0.1, 0.15) is 6.04 Å². The topological polar surface area (TPSA) is 49.4 Å². The van der Waals surface area contributed by atoms with Crippen molar-refractivity contribution in [2.75, 3.05) is 5.75 Å². The Balaban J connectivity index is 2.20. The van der Waals surface area contributed by atoms with E-state index >= 15 is 0 Å². The molecule has 2 rings (SSSR count). The molecule has 9 heteroatoms. The number of benzene rings is 2. The van der Waals surface area contributed by atoms with Crippen molar-refractivity contribution in [1.82, 2.24) is 10.2 Å². The van der Waals surface area contributed by atoms with Crippen LogP contribution in [0.4, 0.5) is 0 Å². The van der Waals surface area contributed by atoms with Gasteiger partial charge in [0.25, 0.3) is 0 Å². The molecule has 0 fully saturated rings. The van der Waals surface area contributed by atoms with Crippen molar-refractivity contribution >= 4 is 70.0 Å². The summed E-state index contributed by atoms with van der Waals surface area (Å²) < 4.78 is 0. The molecule has 1 N–H and O–H groups in total. The predicted octanol–water partition coefficient (Wildman–Crippen LogP) is 6.87. The second kappa shape index (κ2) is 13.0. The molecule has 0 aliphatic rings. The summed E-state index contributed by atoms with van der Waals surface area (Å²) in [4.78, 5) is 27.7. The first-order valence-corrected chi connectivity index (χ1v) is 12.8. The Morgan fingerprint density at radius 2 is 1.66 bits per heavy atom. The molecule has 0 radical (unpaired) electrons. The molecule has 4 nitrogen and oxygen atoms in total. The fourth-order valence-corrected chi connectivity index (χ4v) is 5.10. The summed E-state index contributed by atoms with van der Waals surface area (Å²) in [5.74, 6) is 0.318. The third kappa shape index (κ3) is 7.74. The van der Waals surface area contributed by atoms with Crippen molar-refractivity contribution < 1.29 is 9.59 Å². The highest BCUT2D eigenvalue weighted by atomic mass is 35.5. The Kier molecular flexibility index (Phi) is 11.0. The minimum absolute atomic E-state index is 0.0322. The summed E-state index contributed by atoms with van der Waals surface area (Å²) >= 11 is 26.1. The fourth-order valence-electron chi connectivity index (χ4n) is 3.13. The third-order valence-electron chi connectivity index (χ3n) is 4.69. The maximum atomic E-state index is 13.3. The minimum atomic E-state index is -0.608. The quantitative estimate of drug-likeness (QED) is 0.361. The number of hydrogen-bond acceptors (Lipinski definition) is 3. The lowest BCUT2D eigenvalue weighted by molar-refractivity contribution is -0.139. The standard InChI is InChI=1S/C23H26Cl4N2O2S/c1-4-21(23(31)28-14(2)3)29(11-15-8-9-19(26)20(27)10-15)22(30)13-32-12-16-17(24)6-5-7-18(16)25/h5-10,14,21H,4,11-13H2,1-3H3,(H,28,31). The number of carbonyl (C=O) groups is 2. The number of halogens is 4. The highest BCUT2D eigenvalue weighted by Gasteiger charge is 2.29. The molecule has 2 aromatic rings. The molecule has 2 aromatic carbocycles. The monoisotopic (exact) mass is 534 g/mol. The molecule has 174 valence electrons. The first-order valence-electron chi connectivity index (χ1n) is 10.2. The van der Waals surface area contributed by atoms with E-state index in [-0.39, 0.29) is 30.2 Å². The maximum absolute atomic E-state index is 13.3. The van der Waals surface area contributed by atoms with E-state index in [1.807, 2.05) is 20.8 Å². The summed E-state index contributed by atoms with van der Waals surface area (Å²) in [6.07, 6.45) is 0.479. The van der Waals surface area contributed by atoms with Gasteiger partial charge in [-0.1, -0.05) is 65.5 Å². The molecule has 0 aromatic heterocycles. The largest absolute Gasteiger partial charge is 0.352 e. The van der Waals surface area contributed by atoms with E-state index in [4.69, 9.17) is 46.4 Å². The van der Waals surface area contributed by atoms with Crippen LogP contribution < -0.4 is 5.32 Å². The van der Waals surface area contributed by atoms with Crippen LogP contribution >= 0.6 is 58.2 Å². The minimum Gasteiger partial charge on any atom is -0.352 e. The Labute approximate surface area is 213 Å². The molecule has 32 heavy (non-hydrogen) atoms. The molecule has 0 saturated carbocycles. The first-order chi connectivity index (χ1) is 15.1. The van der Waals surface area contributed by atoms with Crippen molar-refractivity contribution in [2.45, 2.75) is 51.6 Å². The molecule has 1 unspecified atom stereocenters. The molecule has 0 spiro atoms. The van der Waals surface area contributed by atoms with Crippen LogP contribution in [-0.4, -0.2) is 34.6 Å². The van der Waals surface area contributed by atoms with Crippen LogP contribution in [0.1, 0.15) is 38.3 Å². The van der Waals surface area contributed by atoms with Crippen molar-refractivity contribution in [3.8, 4) is 0 Å². The van der Waals surface area contributed by atoms with Crippen molar-refractivity contribution in [3.05, 3.63) is 67.6 Å². The number of carbonyl (C=O) groups excluding carboxylic acids is 2. The van der Waals surface area contributed by atoms with Gasteiger partial charge in [-0.25, -0.2) is 0 Å². The van der Waals surface area contributed by atoms with Crippen molar-refractivity contribution in [1.29, 1.82) is 0 Å². The maximum Gasteiger partial charge on any atom is 0.243 e. The van der Waals surface area contributed by atoms with E-state index in [1.54, 1.807) is 41.3 Å². The van der Waals surface area contributed by atoms with Gasteiger partial charge in [0.2, 0.25) is 11.8 Å². The zero-order valence-corrected chi connectivity index (χ0v) is 22.0. The average Bonchev–Trinajstić information content (AvgIpc) is 2.72. The molecule has 0 bridgehead atoms. The van der Waals surface area contributed by atoms with Crippen LogP contribution in [0.2, 0.25) is 20.1 Å². The Bertz CT molecular complexity index is 935. The van der Waals surface area contributed by atoms with Crippen molar-refractivity contribution in [2.24, 2.45) is 0 Å². The van der Waals surface area contributed by atoms with Crippen molar-refractivity contribution in [3.63, 3.8) is 0 Å². The summed E-state index contributed by atoms with van der Waals surface area (Å²) in [5.41, 5.74) is 1.58. The lowest BCUT2D eigenvalue weighted by Gasteiger charge is -2.31. The molecular formula is C23H26Cl4N2O2S. The van der Waals surface area contributed by atoms with Gasteiger partial charge in [0, 0.05) is 28.4 Å². The number of nitrogens with zero attached hydrogens (tertiary/aromatic N) is 1. The van der Waals surface area contributed by atoms with Crippen LogP contribution in [-0.2, 0) is 21.9 Å². The van der Waals surface area contributed by atoms with Gasteiger partial charge in [-0.05, 0) is 55.7 Å². The molecule has 2 amide bonds. The zero-order valence-electron chi connectivity index (χ0n) is 18.1. The molecule has 0 saturated heterocycles. The molecule has 1 atom stereocenters. The van der Waals surface area contributed by atoms with Crippen LogP contribution in [0, 0.1) is 0 Å². The Morgan fingerprint density at radius 3 is 2.22 bits per heavy atom. The number of amides is 2. The summed E-state index contributed by atoms with van der Waals surface area (Å²) in [7, 11) is 0. The smallest absolute Gasteiger partial charge is 0.243 e. The lowest BCUT2D eigenvalue weighted by Crippen LogP contribution is -2.50. The highest BCUT2D eigenvalue weighted by molar-refractivity contribution is 7.99. The van der Waals surface area contributed by atoms with Gasteiger partial charge in [-0.2, -0.15) is 0 Å². The summed E-state index contributed by atoms with van der Waals surface area (Å²) in [6, 6.07) is 9.88.